The highest BCUT2D eigenvalue weighted by molar-refractivity contribution is 5.98. The number of cyclic esters (lactones) is 1. The molecule has 1 aliphatic rings. The maximum absolute atomic E-state index is 11.2. The van der Waals surface area contributed by atoms with Crippen molar-refractivity contribution in [3.05, 3.63) is 42.3 Å². The van der Waals surface area contributed by atoms with Crippen LogP contribution in [0.4, 0.5) is 5.69 Å². The van der Waals surface area contributed by atoms with Crippen molar-refractivity contribution in [1.29, 1.82) is 0 Å². The zero-order valence-corrected chi connectivity index (χ0v) is 6.33. The van der Waals surface area contributed by atoms with Crippen LogP contribution < -0.4 is 5.32 Å². The van der Waals surface area contributed by atoms with E-state index in [1.807, 2.05) is 6.07 Å². The summed E-state index contributed by atoms with van der Waals surface area (Å²) in [4.78, 5) is 11.2. The Hall–Kier alpha value is -1.77. The second-order valence-corrected chi connectivity index (χ2v) is 2.48. The zero-order chi connectivity index (χ0) is 8.55. The molecule has 3 nitrogen and oxygen atoms in total. The summed E-state index contributed by atoms with van der Waals surface area (Å²) < 4.78 is 4.77. The molecule has 2 rings (SSSR count). The van der Waals surface area contributed by atoms with Gasteiger partial charge in [-0.2, -0.15) is 0 Å². The van der Waals surface area contributed by atoms with Crippen LogP contribution in [0.15, 0.2) is 36.7 Å². The summed E-state index contributed by atoms with van der Waals surface area (Å²) in [5.74, 6) is -0.0759. The monoisotopic (exact) mass is 161 g/mol. The van der Waals surface area contributed by atoms with E-state index in [0.717, 1.165) is 5.69 Å². The number of para-hydroxylation sites is 1. The van der Waals surface area contributed by atoms with E-state index in [9.17, 15) is 4.79 Å². The molecule has 0 spiro atoms. The molecule has 3 heteroatoms. The molecule has 1 aromatic carbocycles. The Labute approximate surface area is 69.7 Å². The summed E-state index contributed by atoms with van der Waals surface area (Å²) in [7, 11) is 0. The molecule has 0 fully saturated rings. The quantitative estimate of drug-likeness (QED) is 0.589. The molecule has 60 valence electrons. The van der Waals surface area contributed by atoms with Crippen molar-refractivity contribution >= 4 is 11.7 Å². The van der Waals surface area contributed by atoms with Gasteiger partial charge in [-0.15, -0.1) is 0 Å². The first-order valence-electron chi connectivity index (χ1n) is 3.54. The second-order valence-electron chi connectivity index (χ2n) is 2.48. The highest BCUT2D eigenvalue weighted by Crippen LogP contribution is 2.22. The van der Waals surface area contributed by atoms with E-state index in [1.54, 1.807) is 18.2 Å². The van der Waals surface area contributed by atoms with E-state index in [4.69, 9.17) is 4.74 Å². The SMILES string of the molecule is C=C1Nc2ccccc2C(=O)O1. The molecule has 0 atom stereocenters. The molecule has 0 amide bonds. The van der Waals surface area contributed by atoms with Crippen LogP contribution in [0.2, 0.25) is 0 Å². The van der Waals surface area contributed by atoms with Gasteiger partial charge < -0.3 is 10.1 Å². The molecule has 12 heavy (non-hydrogen) atoms. The van der Waals surface area contributed by atoms with E-state index in [1.165, 1.54) is 0 Å². The molecule has 1 aliphatic heterocycles. The second kappa shape index (κ2) is 2.37. The summed E-state index contributed by atoms with van der Waals surface area (Å²) in [6.45, 7) is 3.51. The summed E-state index contributed by atoms with van der Waals surface area (Å²) in [5.41, 5.74) is 1.30. The number of rotatable bonds is 0. The van der Waals surface area contributed by atoms with E-state index in [0.29, 0.717) is 5.56 Å². The van der Waals surface area contributed by atoms with Crippen LogP contribution in [-0.4, -0.2) is 5.97 Å². The summed E-state index contributed by atoms with van der Waals surface area (Å²) in [6, 6.07) is 7.14. The Morgan fingerprint density at radius 3 is 2.92 bits per heavy atom. The van der Waals surface area contributed by atoms with Gasteiger partial charge in [0.05, 0.1) is 11.3 Å². The maximum atomic E-state index is 11.2. The fourth-order valence-corrected chi connectivity index (χ4v) is 1.11. The molecule has 1 heterocycles. The average molecular weight is 161 g/mol. The Bertz CT molecular complexity index is 357. The van der Waals surface area contributed by atoms with E-state index >= 15 is 0 Å². The Morgan fingerprint density at radius 1 is 1.33 bits per heavy atom. The molecule has 0 aromatic heterocycles. The standard InChI is InChI=1S/C9H7NO2/c1-6-10-8-5-3-2-4-7(8)9(11)12-6/h2-5,10H,1H2. The summed E-state index contributed by atoms with van der Waals surface area (Å²) in [6.07, 6.45) is 0. The Kier molecular flexibility index (Phi) is 1.37. The van der Waals surface area contributed by atoms with Crippen molar-refractivity contribution in [2.24, 2.45) is 0 Å². The lowest BCUT2D eigenvalue weighted by Crippen LogP contribution is -2.18. The van der Waals surface area contributed by atoms with Crippen molar-refractivity contribution in [3.63, 3.8) is 0 Å². The third kappa shape index (κ3) is 0.955. The number of hydrogen-bond donors (Lipinski definition) is 1. The molecular weight excluding hydrogens is 154 g/mol. The molecule has 0 saturated heterocycles. The van der Waals surface area contributed by atoms with Crippen molar-refractivity contribution in [2.75, 3.05) is 5.32 Å². The average Bonchev–Trinajstić information content (AvgIpc) is 2.04. The third-order valence-electron chi connectivity index (χ3n) is 1.64. The van der Waals surface area contributed by atoms with Crippen LogP contribution in [0.5, 0.6) is 0 Å². The molecule has 0 saturated carbocycles. The number of ether oxygens (including phenoxy) is 1. The molecule has 0 bridgehead atoms. The first-order chi connectivity index (χ1) is 5.77. The highest BCUT2D eigenvalue weighted by atomic mass is 16.5. The molecular formula is C9H7NO2. The van der Waals surface area contributed by atoms with Crippen molar-refractivity contribution in [3.8, 4) is 0 Å². The summed E-state index contributed by atoms with van der Waals surface area (Å²) in [5, 5.41) is 2.85. The van der Waals surface area contributed by atoms with Crippen molar-refractivity contribution < 1.29 is 9.53 Å². The van der Waals surface area contributed by atoms with Crippen LogP contribution in [-0.2, 0) is 4.74 Å². The van der Waals surface area contributed by atoms with Gasteiger partial charge in [-0.05, 0) is 18.7 Å². The maximum Gasteiger partial charge on any atom is 0.346 e. The van der Waals surface area contributed by atoms with Gasteiger partial charge in [0.15, 0.2) is 5.88 Å². The fourth-order valence-electron chi connectivity index (χ4n) is 1.11. The fraction of sp³-hybridized carbons (Fsp3) is 0. The van der Waals surface area contributed by atoms with Gasteiger partial charge in [-0.1, -0.05) is 12.1 Å². The predicted molar refractivity (Wildman–Crippen MR) is 44.6 cm³/mol. The minimum absolute atomic E-state index is 0.277. The third-order valence-corrected chi connectivity index (χ3v) is 1.64. The number of hydrogen-bond acceptors (Lipinski definition) is 3. The highest BCUT2D eigenvalue weighted by Gasteiger charge is 2.19. The summed E-state index contributed by atoms with van der Waals surface area (Å²) >= 11 is 0. The lowest BCUT2D eigenvalue weighted by molar-refractivity contribution is 0.0621. The van der Waals surface area contributed by atoms with E-state index < -0.39 is 0 Å². The number of nitrogens with one attached hydrogen (secondary N) is 1. The number of anilines is 1. The molecule has 0 unspecified atom stereocenters. The number of fused-ring (bicyclic) bond motifs is 1. The lowest BCUT2D eigenvalue weighted by Gasteiger charge is -2.18. The van der Waals surface area contributed by atoms with Gasteiger partial charge in [0, 0.05) is 0 Å². The van der Waals surface area contributed by atoms with Crippen LogP contribution in [0.1, 0.15) is 10.4 Å². The minimum Gasteiger partial charge on any atom is -0.407 e. The van der Waals surface area contributed by atoms with Gasteiger partial charge in [-0.3, -0.25) is 0 Å². The van der Waals surface area contributed by atoms with Crippen LogP contribution in [0, 0.1) is 0 Å². The zero-order valence-electron chi connectivity index (χ0n) is 6.33. The molecule has 1 N–H and O–H groups in total. The van der Waals surface area contributed by atoms with Crippen molar-refractivity contribution in [2.45, 2.75) is 0 Å². The molecule has 1 aromatic rings. The Balaban J connectivity index is 2.54. The number of esters is 1. The van der Waals surface area contributed by atoms with Crippen molar-refractivity contribution in [1.82, 2.24) is 0 Å². The first-order valence-corrected chi connectivity index (χ1v) is 3.54. The largest absolute Gasteiger partial charge is 0.407 e. The Morgan fingerprint density at radius 2 is 2.08 bits per heavy atom. The topological polar surface area (TPSA) is 38.3 Å². The number of benzene rings is 1. The number of carbonyl (C=O) groups excluding carboxylic acids is 1. The smallest absolute Gasteiger partial charge is 0.346 e. The van der Waals surface area contributed by atoms with Gasteiger partial charge in [-0.25, -0.2) is 4.79 Å². The van der Waals surface area contributed by atoms with Crippen LogP contribution in [0.3, 0.4) is 0 Å². The van der Waals surface area contributed by atoms with Gasteiger partial charge >= 0.3 is 5.97 Å². The number of carbonyl (C=O) groups is 1. The van der Waals surface area contributed by atoms with Crippen LogP contribution in [0.25, 0.3) is 0 Å². The van der Waals surface area contributed by atoms with E-state index in [2.05, 4.69) is 11.9 Å². The molecule has 0 aliphatic carbocycles. The lowest BCUT2D eigenvalue weighted by atomic mass is 10.1. The molecule has 0 radical (unpaired) electrons. The van der Waals surface area contributed by atoms with Gasteiger partial charge in [0.2, 0.25) is 0 Å². The predicted octanol–water partition coefficient (Wildman–Crippen LogP) is 1.74. The first kappa shape index (κ1) is 6.91. The minimum atomic E-state index is -0.352. The van der Waals surface area contributed by atoms with Gasteiger partial charge in [0.1, 0.15) is 0 Å². The van der Waals surface area contributed by atoms with Gasteiger partial charge in [0.25, 0.3) is 0 Å². The van der Waals surface area contributed by atoms with E-state index in [-0.39, 0.29) is 11.9 Å². The van der Waals surface area contributed by atoms with Crippen LogP contribution >= 0.6 is 0 Å². The normalized spacial score (nSPS) is 14.7.